The van der Waals surface area contributed by atoms with Crippen LogP contribution in [-0.4, -0.2) is 22.6 Å². The van der Waals surface area contributed by atoms with Crippen molar-refractivity contribution in [2.45, 2.75) is 25.8 Å². The first-order valence-electron chi connectivity index (χ1n) is 6.20. The topological polar surface area (TPSA) is 55.9 Å². The van der Waals surface area contributed by atoms with E-state index in [-0.39, 0.29) is 0 Å². The summed E-state index contributed by atoms with van der Waals surface area (Å²) in [6, 6.07) is 6.81. The molecule has 4 nitrogen and oxygen atoms in total. The van der Waals surface area contributed by atoms with Crippen molar-refractivity contribution in [3.05, 3.63) is 23.8 Å². The van der Waals surface area contributed by atoms with Gasteiger partial charge in [0.05, 0.1) is 11.0 Å². The summed E-state index contributed by atoms with van der Waals surface area (Å²) in [5.74, 6) is 0.650. The lowest BCUT2D eigenvalue weighted by atomic mass is 10.1. The summed E-state index contributed by atoms with van der Waals surface area (Å²) in [6.07, 6.45) is 2.26. The van der Waals surface area contributed by atoms with Crippen LogP contribution in [0.2, 0.25) is 0 Å². The van der Waals surface area contributed by atoms with Gasteiger partial charge in [0, 0.05) is 6.04 Å². The Morgan fingerprint density at radius 2 is 2.12 bits per heavy atom. The SMILES string of the molecule is Cc1ccc2nc(N)n(C3CCNCC3)c2c1. The van der Waals surface area contributed by atoms with Gasteiger partial charge in [0.25, 0.3) is 0 Å². The summed E-state index contributed by atoms with van der Waals surface area (Å²) in [5, 5.41) is 3.38. The molecule has 3 N–H and O–H groups in total. The molecule has 0 unspecified atom stereocenters. The summed E-state index contributed by atoms with van der Waals surface area (Å²) in [4.78, 5) is 4.45. The summed E-state index contributed by atoms with van der Waals surface area (Å²) < 4.78 is 2.21. The molecule has 90 valence electrons. The first-order chi connectivity index (χ1) is 8.25. The van der Waals surface area contributed by atoms with Crippen LogP contribution in [0, 0.1) is 6.92 Å². The molecule has 0 bridgehead atoms. The second kappa shape index (κ2) is 4.04. The van der Waals surface area contributed by atoms with Gasteiger partial charge in [-0.3, -0.25) is 0 Å². The molecule has 1 fully saturated rings. The van der Waals surface area contributed by atoms with Crippen molar-refractivity contribution in [3.8, 4) is 0 Å². The number of piperidine rings is 1. The van der Waals surface area contributed by atoms with Gasteiger partial charge in [-0.25, -0.2) is 4.98 Å². The van der Waals surface area contributed by atoms with E-state index in [4.69, 9.17) is 5.73 Å². The number of aryl methyl sites for hydroxylation is 1. The van der Waals surface area contributed by atoms with Crippen molar-refractivity contribution in [2.24, 2.45) is 0 Å². The first-order valence-corrected chi connectivity index (χ1v) is 6.20. The largest absolute Gasteiger partial charge is 0.369 e. The standard InChI is InChI=1S/C13H18N4/c1-9-2-3-11-12(8-9)17(13(14)16-11)10-4-6-15-7-5-10/h2-3,8,10,15H,4-7H2,1H3,(H2,14,16). The number of nitrogen functional groups attached to an aromatic ring is 1. The predicted molar refractivity (Wildman–Crippen MR) is 70.0 cm³/mol. The quantitative estimate of drug-likeness (QED) is 0.786. The van der Waals surface area contributed by atoms with Gasteiger partial charge in [-0.2, -0.15) is 0 Å². The average Bonchev–Trinajstić information content (AvgIpc) is 2.65. The highest BCUT2D eigenvalue weighted by molar-refractivity contribution is 5.79. The number of hydrogen-bond donors (Lipinski definition) is 2. The molecular formula is C13H18N4. The van der Waals surface area contributed by atoms with Gasteiger partial charge in [0.1, 0.15) is 0 Å². The zero-order valence-electron chi connectivity index (χ0n) is 10.1. The molecule has 3 rings (SSSR count). The van der Waals surface area contributed by atoms with E-state index in [9.17, 15) is 0 Å². The van der Waals surface area contributed by atoms with E-state index in [2.05, 4.69) is 40.0 Å². The maximum Gasteiger partial charge on any atom is 0.201 e. The third kappa shape index (κ3) is 1.78. The highest BCUT2D eigenvalue weighted by atomic mass is 15.2. The molecular weight excluding hydrogens is 212 g/mol. The van der Waals surface area contributed by atoms with Gasteiger partial charge >= 0.3 is 0 Å². The van der Waals surface area contributed by atoms with Gasteiger partial charge in [-0.1, -0.05) is 6.07 Å². The molecule has 0 radical (unpaired) electrons. The molecule has 2 aromatic rings. The fourth-order valence-corrected chi connectivity index (χ4v) is 2.67. The van der Waals surface area contributed by atoms with Crippen molar-refractivity contribution < 1.29 is 0 Å². The highest BCUT2D eigenvalue weighted by Gasteiger charge is 2.19. The molecule has 0 amide bonds. The fourth-order valence-electron chi connectivity index (χ4n) is 2.67. The number of rotatable bonds is 1. The minimum Gasteiger partial charge on any atom is -0.369 e. The minimum atomic E-state index is 0.489. The zero-order chi connectivity index (χ0) is 11.8. The van der Waals surface area contributed by atoms with Crippen LogP contribution in [0.3, 0.4) is 0 Å². The maximum absolute atomic E-state index is 6.07. The van der Waals surface area contributed by atoms with Crippen molar-refractivity contribution in [2.75, 3.05) is 18.8 Å². The van der Waals surface area contributed by atoms with Crippen molar-refractivity contribution in [1.82, 2.24) is 14.9 Å². The number of benzene rings is 1. The summed E-state index contributed by atoms with van der Waals surface area (Å²) >= 11 is 0. The lowest BCUT2D eigenvalue weighted by molar-refractivity contribution is 0.378. The van der Waals surface area contributed by atoms with E-state index in [0.29, 0.717) is 12.0 Å². The van der Waals surface area contributed by atoms with Crippen molar-refractivity contribution in [3.63, 3.8) is 0 Å². The summed E-state index contributed by atoms with van der Waals surface area (Å²) in [6.45, 7) is 4.24. The van der Waals surface area contributed by atoms with Crippen molar-refractivity contribution >= 4 is 17.0 Å². The number of aromatic nitrogens is 2. The van der Waals surface area contributed by atoms with Crippen LogP contribution in [0.1, 0.15) is 24.4 Å². The molecule has 2 heterocycles. The number of anilines is 1. The third-order valence-electron chi connectivity index (χ3n) is 3.55. The monoisotopic (exact) mass is 230 g/mol. The Morgan fingerprint density at radius 1 is 1.35 bits per heavy atom. The summed E-state index contributed by atoms with van der Waals surface area (Å²) in [5.41, 5.74) is 9.50. The van der Waals surface area contributed by atoms with Crippen LogP contribution in [0.15, 0.2) is 18.2 Å². The Balaban J connectivity index is 2.13. The Morgan fingerprint density at radius 3 is 2.88 bits per heavy atom. The Kier molecular flexibility index (Phi) is 2.52. The van der Waals surface area contributed by atoms with E-state index in [1.54, 1.807) is 0 Å². The van der Waals surface area contributed by atoms with Crippen LogP contribution >= 0.6 is 0 Å². The normalized spacial score (nSPS) is 17.7. The van der Waals surface area contributed by atoms with Gasteiger partial charge in [0.15, 0.2) is 0 Å². The number of nitrogens with two attached hydrogens (primary N) is 1. The predicted octanol–water partition coefficient (Wildman–Crippen LogP) is 1.85. The van der Waals surface area contributed by atoms with E-state index < -0.39 is 0 Å². The molecule has 0 aliphatic carbocycles. The zero-order valence-corrected chi connectivity index (χ0v) is 10.1. The Labute approximate surface area is 101 Å². The number of hydrogen-bond acceptors (Lipinski definition) is 3. The highest BCUT2D eigenvalue weighted by Crippen LogP contribution is 2.28. The Bertz CT molecular complexity index is 538. The summed E-state index contributed by atoms with van der Waals surface area (Å²) in [7, 11) is 0. The molecule has 4 heteroatoms. The number of fused-ring (bicyclic) bond motifs is 1. The first kappa shape index (κ1) is 10.6. The van der Waals surface area contributed by atoms with Gasteiger partial charge in [0.2, 0.25) is 5.95 Å². The van der Waals surface area contributed by atoms with E-state index >= 15 is 0 Å². The number of nitrogens with zero attached hydrogens (tertiary/aromatic N) is 2. The van der Waals surface area contributed by atoms with Crippen LogP contribution in [-0.2, 0) is 0 Å². The maximum atomic E-state index is 6.07. The number of nitrogens with one attached hydrogen (secondary N) is 1. The molecule has 0 spiro atoms. The average molecular weight is 230 g/mol. The second-order valence-corrected chi connectivity index (χ2v) is 4.81. The van der Waals surface area contributed by atoms with Gasteiger partial charge in [-0.05, 0) is 50.6 Å². The van der Waals surface area contributed by atoms with Crippen LogP contribution < -0.4 is 11.1 Å². The van der Waals surface area contributed by atoms with Gasteiger partial charge in [-0.15, -0.1) is 0 Å². The second-order valence-electron chi connectivity index (χ2n) is 4.81. The molecule has 0 saturated carbocycles. The molecule has 1 aliphatic rings. The van der Waals surface area contributed by atoms with Crippen molar-refractivity contribution in [1.29, 1.82) is 0 Å². The molecule has 1 saturated heterocycles. The van der Waals surface area contributed by atoms with Crippen LogP contribution in [0.4, 0.5) is 5.95 Å². The van der Waals surface area contributed by atoms with Crippen LogP contribution in [0.5, 0.6) is 0 Å². The Hall–Kier alpha value is -1.55. The minimum absolute atomic E-state index is 0.489. The number of imidazole rings is 1. The lowest BCUT2D eigenvalue weighted by Crippen LogP contribution is -2.29. The molecule has 0 atom stereocenters. The third-order valence-corrected chi connectivity index (χ3v) is 3.55. The van der Waals surface area contributed by atoms with Gasteiger partial charge < -0.3 is 15.6 Å². The molecule has 1 aromatic heterocycles. The molecule has 17 heavy (non-hydrogen) atoms. The van der Waals surface area contributed by atoms with E-state index in [0.717, 1.165) is 31.4 Å². The van der Waals surface area contributed by atoms with Crippen LogP contribution in [0.25, 0.3) is 11.0 Å². The molecule has 1 aliphatic heterocycles. The van der Waals surface area contributed by atoms with E-state index in [1.165, 1.54) is 11.1 Å². The smallest absolute Gasteiger partial charge is 0.201 e. The lowest BCUT2D eigenvalue weighted by Gasteiger charge is -2.25. The molecule has 1 aromatic carbocycles. The van der Waals surface area contributed by atoms with E-state index in [1.807, 2.05) is 0 Å². The fraction of sp³-hybridized carbons (Fsp3) is 0.462.